The van der Waals surface area contributed by atoms with E-state index in [1.165, 1.54) is 0 Å². The van der Waals surface area contributed by atoms with E-state index in [0.29, 0.717) is 0 Å². The van der Waals surface area contributed by atoms with Crippen LogP contribution in [-0.4, -0.2) is 19.9 Å². The SMILES string of the molecule is Brc1ccc2c3ccc(Br)cc3c3nc4cc5nc6c7cc(Br)ccc7c7ccc(Br)cc7c6nc5cc4nc3c2c1. The number of aromatic nitrogens is 4. The number of fused-ring (bicyclic) bond motifs is 14. The first-order valence-electron chi connectivity index (χ1n) is 13.2. The lowest BCUT2D eigenvalue weighted by molar-refractivity contribution is 1.38. The third-order valence-electron chi connectivity index (χ3n) is 7.98. The van der Waals surface area contributed by atoms with Crippen molar-refractivity contribution in [3.63, 3.8) is 0 Å². The molecule has 9 rings (SSSR count). The van der Waals surface area contributed by atoms with Gasteiger partial charge in [-0.15, -0.1) is 0 Å². The Balaban J connectivity index is 1.45. The normalized spacial score (nSPS) is 12.3. The van der Waals surface area contributed by atoms with E-state index in [-0.39, 0.29) is 0 Å². The van der Waals surface area contributed by atoms with Crippen molar-refractivity contribution in [3.8, 4) is 0 Å². The highest BCUT2D eigenvalue weighted by Crippen LogP contribution is 2.39. The van der Waals surface area contributed by atoms with E-state index >= 15 is 0 Å². The van der Waals surface area contributed by atoms with E-state index in [0.717, 1.165) is 105 Å². The van der Waals surface area contributed by atoms with Crippen LogP contribution in [0.2, 0.25) is 0 Å². The van der Waals surface area contributed by atoms with E-state index in [1.807, 2.05) is 12.1 Å². The molecule has 0 spiro atoms. The summed E-state index contributed by atoms with van der Waals surface area (Å²) in [7, 11) is 0. The lowest BCUT2D eigenvalue weighted by Gasteiger charge is -2.13. The van der Waals surface area contributed by atoms with Crippen LogP contribution in [0.25, 0.3) is 87.2 Å². The third kappa shape index (κ3) is 3.68. The summed E-state index contributed by atoms with van der Waals surface area (Å²) in [5.74, 6) is 0. The van der Waals surface area contributed by atoms with Crippen LogP contribution >= 0.6 is 63.7 Å². The molecule has 0 atom stereocenters. The quantitative estimate of drug-likeness (QED) is 0.113. The summed E-state index contributed by atoms with van der Waals surface area (Å²) in [4.78, 5) is 20.9. The van der Waals surface area contributed by atoms with Gasteiger partial charge in [0, 0.05) is 39.4 Å². The summed E-state index contributed by atoms with van der Waals surface area (Å²) < 4.78 is 4.01. The zero-order valence-electron chi connectivity index (χ0n) is 21.4. The maximum atomic E-state index is 5.21. The Labute approximate surface area is 271 Å². The summed E-state index contributed by atoms with van der Waals surface area (Å²) in [6, 6.07) is 29.4. The standard InChI is InChI=1S/C34H14Br4N4/c35-15-1-5-19-20-6-2-16(36)10-24(20)32-31(23(19)9-15)39-27-13-29-30(14-28(27)40-32)42-34-26-12-18(38)4-8-22(26)21-7-3-17(37)11-25(21)33(34)41-29/h1-14H. The molecule has 0 fully saturated rings. The lowest BCUT2D eigenvalue weighted by atomic mass is 9.99. The summed E-state index contributed by atoms with van der Waals surface area (Å²) in [6.45, 7) is 0. The van der Waals surface area contributed by atoms with Gasteiger partial charge in [0.2, 0.25) is 0 Å². The molecule has 7 aromatic carbocycles. The van der Waals surface area contributed by atoms with Gasteiger partial charge >= 0.3 is 0 Å². The van der Waals surface area contributed by atoms with Crippen LogP contribution in [0.1, 0.15) is 0 Å². The highest BCUT2D eigenvalue weighted by molar-refractivity contribution is 9.11. The Bertz CT molecular complexity index is 2320. The maximum absolute atomic E-state index is 5.21. The topological polar surface area (TPSA) is 51.6 Å². The van der Waals surface area contributed by atoms with Crippen molar-refractivity contribution in [1.82, 2.24) is 19.9 Å². The molecule has 42 heavy (non-hydrogen) atoms. The van der Waals surface area contributed by atoms with Crippen LogP contribution < -0.4 is 0 Å². The van der Waals surface area contributed by atoms with Gasteiger partial charge in [0.15, 0.2) is 0 Å². The van der Waals surface area contributed by atoms with Crippen LogP contribution in [0.3, 0.4) is 0 Å². The Morgan fingerprint density at radius 1 is 0.286 bits per heavy atom. The molecule has 0 aliphatic carbocycles. The molecule has 0 bridgehead atoms. The molecular formula is C34H14Br4N4. The van der Waals surface area contributed by atoms with E-state index in [2.05, 4.69) is 137 Å². The van der Waals surface area contributed by atoms with Crippen molar-refractivity contribution in [2.75, 3.05) is 0 Å². The van der Waals surface area contributed by atoms with Crippen LogP contribution in [0.15, 0.2) is 103 Å². The molecule has 0 aliphatic rings. The highest BCUT2D eigenvalue weighted by atomic mass is 79.9. The molecular weight excluding hydrogens is 784 g/mol. The smallest absolute Gasteiger partial charge is 0.0979 e. The number of hydrogen-bond acceptors (Lipinski definition) is 4. The summed E-state index contributed by atoms with van der Waals surface area (Å²) in [5.41, 5.74) is 6.60. The van der Waals surface area contributed by atoms with Crippen molar-refractivity contribution in [2.24, 2.45) is 0 Å². The van der Waals surface area contributed by atoms with Crippen LogP contribution in [0.4, 0.5) is 0 Å². The van der Waals surface area contributed by atoms with Gasteiger partial charge in [0.1, 0.15) is 0 Å². The summed E-state index contributed by atoms with van der Waals surface area (Å²) >= 11 is 14.7. The minimum atomic E-state index is 0.785. The predicted octanol–water partition coefficient (Wildman–Crippen LogP) is 11.5. The number of nitrogens with zero attached hydrogens (tertiary/aromatic N) is 4. The van der Waals surface area contributed by atoms with Crippen LogP contribution in [0, 0.1) is 0 Å². The molecule has 2 heterocycles. The van der Waals surface area contributed by atoms with Gasteiger partial charge < -0.3 is 0 Å². The molecule has 0 amide bonds. The van der Waals surface area contributed by atoms with Crippen LogP contribution in [0.5, 0.6) is 0 Å². The first kappa shape index (κ1) is 25.2. The Hall–Kier alpha value is -3.30. The summed E-state index contributed by atoms with van der Waals surface area (Å²) in [5, 5.41) is 8.80. The molecule has 0 N–H and O–H groups in total. The monoisotopic (exact) mass is 794 g/mol. The van der Waals surface area contributed by atoms with E-state index in [9.17, 15) is 0 Å². The van der Waals surface area contributed by atoms with Gasteiger partial charge in [-0.1, -0.05) is 88.0 Å². The fraction of sp³-hybridized carbons (Fsp3) is 0. The number of halogens is 4. The average Bonchev–Trinajstić information content (AvgIpc) is 2.98. The van der Waals surface area contributed by atoms with Gasteiger partial charge in [-0.3, -0.25) is 0 Å². The molecule has 8 heteroatoms. The third-order valence-corrected chi connectivity index (χ3v) is 9.95. The Kier molecular flexibility index (Phi) is 5.46. The molecule has 0 unspecified atom stereocenters. The molecule has 4 nitrogen and oxygen atoms in total. The largest absolute Gasteiger partial charge is 0.244 e. The van der Waals surface area contributed by atoms with Gasteiger partial charge in [0.25, 0.3) is 0 Å². The molecule has 0 aliphatic heterocycles. The molecule has 2 aromatic heterocycles. The second-order valence-electron chi connectivity index (χ2n) is 10.4. The fourth-order valence-corrected chi connectivity index (χ4v) is 7.59. The van der Waals surface area contributed by atoms with Gasteiger partial charge in [-0.05, 0) is 82.2 Å². The van der Waals surface area contributed by atoms with E-state index < -0.39 is 0 Å². The zero-order chi connectivity index (χ0) is 28.3. The molecule has 0 radical (unpaired) electrons. The van der Waals surface area contributed by atoms with Gasteiger partial charge in [0.05, 0.1) is 44.1 Å². The second-order valence-corrected chi connectivity index (χ2v) is 14.1. The molecule has 198 valence electrons. The van der Waals surface area contributed by atoms with Crippen molar-refractivity contribution in [3.05, 3.63) is 103 Å². The number of rotatable bonds is 0. The van der Waals surface area contributed by atoms with Gasteiger partial charge in [-0.25, -0.2) is 19.9 Å². The maximum Gasteiger partial charge on any atom is 0.0979 e. The van der Waals surface area contributed by atoms with Crippen molar-refractivity contribution < 1.29 is 0 Å². The van der Waals surface area contributed by atoms with Crippen molar-refractivity contribution in [2.45, 2.75) is 0 Å². The molecule has 0 saturated carbocycles. The minimum absolute atomic E-state index is 0.785. The second kappa shape index (κ2) is 9.10. The number of hydrogen-bond donors (Lipinski definition) is 0. The molecule has 9 aromatic rings. The lowest BCUT2D eigenvalue weighted by Crippen LogP contribution is -1.95. The van der Waals surface area contributed by atoms with Crippen molar-refractivity contribution in [1.29, 1.82) is 0 Å². The first-order valence-corrected chi connectivity index (χ1v) is 16.3. The Morgan fingerprint density at radius 2 is 0.524 bits per heavy atom. The highest BCUT2D eigenvalue weighted by Gasteiger charge is 2.17. The zero-order valence-corrected chi connectivity index (χ0v) is 27.7. The van der Waals surface area contributed by atoms with E-state index in [4.69, 9.17) is 19.9 Å². The predicted molar refractivity (Wildman–Crippen MR) is 188 cm³/mol. The van der Waals surface area contributed by atoms with E-state index in [1.54, 1.807) is 0 Å². The van der Waals surface area contributed by atoms with Crippen LogP contribution in [-0.2, 0) is 0 Å². The number of benzene rings is 7. The Morgan fingerprint density at radius 3 is 0.762 bits per heavy atom. The van der Waals surface area contributed by atoms with Crippen molar-refractivity contribution >= 4 is 151 Å². The van der Waals surface area contributed by atoms with Gasteiger partial charge in [-0.2, -0.15) is 0 Å². The first-order chi connectivity index (χ1) is 20.4. The fourth-order valence-electron chi connectivity index (χ4n) is 6.15. The average molecular weight is 798 g/mol. The summed E-state index contributed by atoms with van der Waals surface area (Å²) in [6.07, 6.45) is 0. The minimum Gasteiger partial charge on any atom is -0.244 e. The molecule has 0 saturated heterocycles.